The molecule has 0 aromatic rings. The van der Waals surface area contributed by atoms with Gasteiger partial charge in [-0.2, -0.15) is 0 Å². The van der Waals surface area contributed by atoms with E-state index in [0.29, 0.717) is 6.10 Å². The van der Waals surface area contributed by atoms with Crippen molar-refractivity contribution in [1.82, 2.24) is 5.48 Å². The van der Waals surface area contributed by atoms with Gasteiger partial charge in [0, 0.05) is 12.3 Å². The van der Waals surface area contributed by atoms with Crippen molar-refractivity contribution in [3.63, 3.8) is 0 Å². The summed E-state index contributed by atoms with van der Waals surface area (Å²) >= 11 is 0. The van der Waals surface area contributed by atoms with Crippen LogP contribution in [-0.2, 0) is 14.4 Å². The van der Waals surface area contributed by atoms with E-state index in [1.54, 1.807) is 0 Å². The van der Waals surface area contributed by atoms with E-state index in [0.717, 1.165) is 12.8 Å². The smallest absolute Gasteiger partial charge is 0.332 e. The Labute approximate surface area is 77.9 Å². The third-order valence-electron chi connectivity index (χ3n) is 2.03. The number of hydrogen-bond donors (Lipinski definition) is 1. The second-order valence-electron chi connectivity index (χ2n) is 3.00. The molecule has 4 heteroatoms. The van der Waals surface area contributed by atoms with Gasteiger partial charge in [0.25, 0.3) is 0 Å². The lowest BCUT2D eigenvalue weighted by molar-refractivity contribution is -0.134. The third-order valence-corrected chi connectivity index (χ3v) is 2.03. The number of nitrogens with one attached hydrogen (secondary N) is 1. The van der Waals surface area contributed by atoms with E-state index in [4.69, 9.17) is 4.84 Å². The number of hydroxylamine groups is 1. The number of hydrogen-bond acceptors (Lipinski definition) is 4. The Hall–Kier alpha value is -1.03. The molecule has 1 rings (SSSR count). The second kappa shape index (κ2) is 5.59. The van der Waals surface area contributed by atoms with E-state index in [-0.39, 0.29) is 5.97 Å². The molecule has 0 aromatic heterocycles. The fraction of sp³-hybridized carbons (Fsp3) is 0.667. The largest absolute Gasteiger partial charge is 0.466 e. The molecule has 0 unspecified atom stereocenters. The Balaban J connectivity index is 2.05. The molecule has 74 valence electrons. The summed E-state index contributed by atoms with van der Waals surface area (Å²) in [6.45, 7) is 0. The van der Waals surface area contributed by atoms with E-state index in [2.05, 4.69) is 10.2 Å². The number of rotatable bonds is 4. The minimum Gasteiger partial charge on any atom is -0.466 e. The standard InChI is InChI=1S/C9H15NO3/c1-12-9(11)6-7-10-13-8-4-2-3-5-8/h6-8,10H,2-5H2,1H3/b7-6+. The van der Waals surface area contributed by atoms with Gasteiger partial charge < -0.3 is 4.74 Å². The average Bonchev–Trinajstić information content (AvgIpc) is 2.64. The number of ether oxygens (including phenoxy) is 1. The van der Waals surface area contributed by atoms with Gasteiger partial charge >= 0.3 is 5.97 Å². The van der Waals surface area contributed by atoms with Gasteiger partial charge in [0.2, 0.25) is 0 Å². The molecule has 1 aliphatic carbocycles. The van der Waals surface area contributed by atoms with Crippen LogP contribution in [0.4, 0.5) is 0 Å². The monoisotopic (exact) mass is 185 g/mol. The zero-order chi connectivity index (χ0) is 9.52. The van der Waals surface area contributed by atoms with Crippen molar-refractivity contribution in [3.05, 3.63) is 12.3 Å². The first kappa shape index (κ1) is 10.1. The summed E-state index contributed by atoms with van der Waals surface area (Å²) < 4.78 is 4.40. The van der Waals surface area contributed by atoms with Crippen molar-refractivity contribution < 1.29 is 14.4 Å². The van der Waals surface area contributed by atoms with E-state index in [1.807, 2.05) is 0 Å². The SMILES string of the molecule is COC(=O)/C=C/NOC1CCCC1. The lowest BCUT2D eigenvalue weighted by Gasteiger charge is -2.08. The maximum absolute atomic E-state index is 10.6. The van der Waals surface area contributed by atoms with E-state index in [1.165, 1.54) is 32.2 Å². The van der Waals surface area contributed by atoms with Crippen LogP contribution in [0.1, 0.15) is 25.7 Å². The summed E-state index contributed by atoms with van der Waals surface area (Å²) in [5.74, 6) is -0.387. The first-order valence-corrected chi connectivity index (χ1v) is 4.48. The van der Waals surface area contributed by atoms with Crippen LogP contribution in [0.5, 0.6) is 0 Å². The maximum atomic E-state index is 10.6. The summed E-state index contributed by atoms with van der Waals surface area (Å²) in [5, 5.41) is 0. The van der Waals surface area contributed by atoms with Crippen LogP contribution in [0.15, 0.2) is 12.3 Å². The summed E-state index contributed by atoms with van der Waals surface area (Å²) in [6, 6.07) is 0. The molecule has 1 saturated carbocycles. The van der Waals surface area contributed by atoms with Gasteiger partial charge in [-0.3, -0.25) is 10.3 Å². The van der Waals surface area contributed by atoms with Gasteiger partial charge in [-0.15, -0.1) is 0 Å². The van der Waals surface area contributed by atoms with Crippen molar-refractivity contribution in [2.45, 2.75) is 31.8 Å². The van der Waals surface area contributed by atoms with Crippen molar-refractivity contribution >= 4 is 5.97 Å². The van der Waals surface area contributed by atoms with E-state index < -0.39 is 0 Å². The predicted molar refractivity (Wildman–Crippen MR) is 47.6 cm³/mol. The molecule has 1 N–H and O–H groups in total. The molecule has 0 atom stereocenters. The Bertz CT molecular complexity index is 185. The summed E-state index contributed by atoms with van der Waals surface area (Å²) in [5.41, 5.74) is 2.61. The predicted octanol–water partition coefficient (Wildman–Crippen LogP) is 1.14. The molecule has 0 spiro atoms. The Morgan fingerprint density at radius 2 is 2.15 bits per heavy atom. The molecular weight excluding hydrogens is 170 g/mol. The Morgan fingerprint density at radius 1 is 1.46 bits per heavy atom. The van der Waals surface area contributed by atoms with Crippen LogP contribution in [0, 0.1) is 0 Å². The topological polar surface area (TPSA) is 47.6 Å². The highest BCUT2D eigenvalue weighted by atomic mass is 16.7. The minimum absolute atomic E-state index is 0.294. The van der Waals surface area contributed by atoms with Gasteiger partial charge in [0.1, 0.15) is 0 Å². The minimum atomic E-state index is -0.387. The van der Waals surface area contributed by atoms with Crippen LogP contribution in [-0.4, -0.2) is 19.2 Å². The van der Waals surface area contributed by atoms with Gasteiger partial charge in [-0.1, -0.05) is 12.8 Å². The molecule has 4 nitrogen and oxygen atoms in total. The maximum Gasteiger partial charge on any atom is 0.332 e. The van der Waals surface area contributed by atoms with Gasteiger partial charge in [0.15, 0.2) is 0 Å². The average molecular weight is 185 g/mol. The Kier molecular flexibility index (Phi) is 4.32. The molecule has 0 saturated heterocycles. The number of carbonyl (C=O) groups is 1. The highest BCUT2D eigenvalue weighted by molar-refractivity contribution is 5.81. The molecule has 1 aliphatic rings. The van der Waals surface area contributed by atoms with Crippen molar-refractivity contribution in [1.29, 1.82) is 0 Å². The van der Waals surface area contributed by atoms with Gasteiger partial charge in [-0.05, 0) is 12.8 Å². The summed E-state index contributed by atoms with van der Waals surface area (Å²) in [6.07, 6.45) is 7.68. The molecule has 0 aromatic carbocycles. The van der Waals surface area contributed by atoms with Crippen molar-refractivity contribution in [2.75, 3.05) is 7.11 Å². The zero-order valence-electron chi connectivity index (χ0n) is 7.79. The fourth-order valence-corrected chi connectivity index (χ4v) is 1.31. The zero-order valence-corrected chi connectivity index (χ0v) is 7.79. The third kappa shape index (κ3) is 3.94. The molecule has 0 aliphatic heterocycles. The van der Waals surface area contributed by atoms with Crippen LogP contribution in [0.2, 0.25) is 0 Å². The molecule has 0 amide bonds. The molecule has 0 radical (unpaired) electrons. The lowest BCUT2D eigenvalue weighted by atomic mass is 10.3. The highest BCUT2D eigenvalue weighted by Gasteiger charge is 2.14. The lowest BCUT2D eigenvalue weighted by Crippen LogP contribution is -2.17. The summed E-state index contributed by atoms with van der Waals surface area (Å²) in [4.78, 5) is 15.9. The van der Waals surface area contributed by atoms with Crippen molar-refractivity contribution in [3.8, 4) is 0 Å². The number of carbonyl (C=O) groups excluding carboxylic acids is 1. The quantitative estimate of drug-likeness (QED) is 0.405. The van der Waals surface area contributed by atoms with Crippen molar-refractivity contribution in [2.24, 2.45) is 0 Å². The van der Waals surface area contributed by atoms with Gasteiger partial charge in [-0.25, -0.2) is 4.79 Å². The molecular formula is C9H15NO3. The number of esters is 1. The number of methoxy groups -OCH3 is 1. The van der Waals surface area contributed by atoms with Gasteiger partial charge in [0.05, 0.1) is 13.2 Å². The molecule has 0 heterocycles. The second-order valence-corrected chi connectivity index (χ2v) is 3.00. The first-order chi connectivity index (χ1) is 6.33. The van der Waals surface area contributed by atoms with E-state index >= 15 is 0 Å². The van der Waals surface area contributed by atoms with Crippen LogP contribution >= 0.6 is 0 Å². The summed E-state index contributed by atoms with van der Waals surface area (Å²) in [7, 11) is 1.34. The first-order valence-electron chi connectivity index (χ1n) is 4.48. The van der Waals surface area contributed by atoms with Crippen LogP contribution in [0.3, 0.4) is 0 Å². The molecule has 0 bridgehead atoms. The normalized spacial score (nSPS) is 17.9. The Morgan fingerprint density at radius 3 is 2.77 bits per heavy atom. The van der Waals surface area contributed by atoms with Crippen LogP contribution < -0.4 is 5.48 Å². The fourth-order valence-electron chi connectivity index (χ4n) is 1.31. The van der Waals surface area contributed by atoms with E-state index in [9.17, 15) is 4.79 Å². The molecule has 13 heavy (non-hydrogen) atoms. The van der Waals surface area contributed by atoms with Crippen LogP contribution in [0.25, 0.3) is 0 Å². The molecule has 1 fully saturated rings. The highest BCUT2D eigenvalue weighted by Crippen LogP contribution is 2.19.